The smallest absolute Gasteiger partial charge is 0.283 e. The molecule has 0 saturated heterocycles. The molecule has 1 N–H and O–H groups in total. The van der Waals surface area contributed by atoms with Crippen LogP contribution in [0.5, 0.6) is 17.2 Å². The highest BCUT2D eigenvalue weighted by molar-refractivity contribution is 7.21. The Bertz CT molecular complexity index is 1020. The molecule has 27 heavy (non-hydrogen) atoms. The number of fused-ring (bicyclic) bond motifs is 1. The molecule has 0 aliphatic heterocycles. The minimum absolute atomic E-state index is 0.378. The van der Waals surface area contributed by atoms with Crippen molar-refractivity contribution in [3.05, 3.63) is 51.9 Å². The minimum atomic E-state index is -0.378. The lowest BCUT2D eigenvalue weighted by Gasteiger charge is -2.11. The molecule has 0 unspecified atom stereocenters. The maximum atomic E-state index is 12.4. The summed E-state index contributed by atoms with van der Waals surface area (Å²) in [6.45, 7) is 0. The summed E-state index contributed by atoms with van der Waals surface area (Å²) in [6, 6.07) is 11.0. The molecule has 0 bridgehead atoms. The third-order valence-corrected chi connectivity index (χ3v) is 5.52. The number of nitrogens with one attached hydrogen (secondary N) is 1. The summed E-state index contributed by atoms with van der Waals surface area (Å²) in [6.07, 6.45) is 1.47. The first kappa shape index (κ1) is 19.0. The number of ether oxygens (including phenoxy) is 3. The number of carbonyl (C=O) groups is 1. The van der Waals surface area contributed by atoms with E-state index < -0.39 is 0 Å². The van der Waals surface area contributed by atoms with Crippen molar-refractivity contribution in [2.45, 2.75) is 0 Å². The quantitative estimate of drug-likeness (QED) is 0.490. The second-order valence-electron chi connectivity index (χ2n) is 5.39. The van der Waals surface area contributed by atoms with Gasteiger partial charge in [0.2, 0.25) is 0 Å². The molecule has 1 amide bonds. The van der Waals surface area contributed by atoms with Gasteiger partial charge in [-0.3, -0.25) is 4.79 Å². The van der Waals surface area contributed by atoms with Crippen molar-refractivity contribution in [2.24, 2.45) is 5.10 Å². The fourth-order valence-corrected chi connectivity index (χ4v) is 3.93. The average molecular weight is 405 g/mol. The van der Waals surface area contributed by atoms with E-state index in [4.69, 9.17) is 25.8 Å². The van der Waals surface area contributed by atoms with Crippen LogP contribution in [0.2, 0.25) is 5.02 Å². The summed E-state index contributed by atoms with van der Waals surface area (Å²) < 4.78 is 16.8. The monoisotopic (exact) mass is 404 g/mol. The van der Waals surface area contributed by atoms with Gasteiger partial charge in [-0.05, 0) is 12.1 Å². The first-order valence-corrected chi connectivity index (χ1v) is 9.09. The first-order chi connectivity index (χ1) is 13.1. The molecular formula is C19H17ClN2O4S. The lowest BCUT2D eigenvalue weighted by atomic mass is 10.2. The SMILES string of the molecule is COc1cc(OC)c(OC)cc1C=NNC(=O)c1sc2ccccc2c1Cl. The Hall–Kier alpha value is -2.77. The van der Waals surface area contributed by atoms with Gasteiger partial charge in [0.15, 0.2) is 11.5 Å². The third-order valence-electron chi connectivity index (χ3n) is 3.85. The van der Waals surface area contributed by atoms with Crippen LogP contribution >= 0.6 is 22.9 Å². The summed E-state index contributed by atoms with van der Waals surface area (Å²) in [5.41, 5.74) is 3.12. The second kappa shape index (κ2) is 8.28. The van der Waals surface area contributed by atoms with Gasteiger partial charge in [-0.2, -0.15) is 5.10 Å². The number of thiophene rings is 1. The van der Waals surface area contributed by atoms with Gasteiger partial charge in [-0.25, -0.2) is 5.43 Å². The summed E-state index contributed by atoms with van der Waals surface area (Å²) >= 11 is 7.63. The predicted octanol–water partition coefficient (Wildman–Crippen LogP) is 4.34. The number of hydrogen-bond acceptors (Lipinski definition) is 6. The van der Waals surface area contributed by atoms with Gasteiger partial charge in [0.1, 0.15) is 10.6 Å². The van der Waals surface area contributed by atoms with Gasteiger partial charge in [0, 0.05) is 21.7 Å². The van der Waals surface area contributed by atoms with Crippen molar-refractivity contribution >= 4 is 45.1 Å². The Morgan fingerprint density at radius 3 is 2.41 bits per heavy atom. The Morgan fingerprint density at radius 2 is 1.74 bits per heavy atom. The second-order valence-corrected chi connectivity index (χ2v) is 6.82. The minimum Gasteiger partial charge on any atom is -0.496 e. The number of halogens is 1. The van der Waals surface area contributed by atoms with Crippen LogP contribution in [0.15, 0.2) is 41.5 Å². The van der Waals surface area contributed by atoms with Gasteiger partial charge in [-0.1, -0.05) is 29.8 Å². The molecule has 6 nitrogen and oxygen atoms in total. The van der Waals surface area contributed by atoms with Gasteiger partial charge < -0.3 is 14.2 Å². The average Bonchev–Trinajstić information content (AvgIpc) is 3.04. The van der Waals surface area contributed by atoms with Gasteiger partial charge in [0.25, 0.3) is 5.91 Å². The van der Waals surface area contributed by atoms with Crippen LogP contribution in [0.1, 0.15) is 15.2 Å². The van der Waals surface area contributed by atoms with Crippen molar-refractivity contribution in [2.75, 3.05) is 21.3 Å². The number of rotatable bonds is 6. The molecule has 3 rings (SSSR count). The molecule has 140 valence electrons. The molecule has 0 spiro atoms. The fraction of sp³-hybridized carbons (Fsp3) is 0.158. The zero-order valence-corrected chi connectivity index (χ0v) is 16.5. The van der Waals surface area contributed by atoms with Crippen LogP contribution in [-0.2, 0) is 0 Å². The molecule has 0 atom stereocenters. The summed E-state index contributed by atoms with van der Waals surface area (Å²) in [5.74, 6) is 1.22. The topological polar surface area (TPSA) is 69.2 Å². The zero-order chi connectivity index (χ0) is 19.4. The Balaban J connectivity index is 1.82. The Kier molecular flexibility index (Phi) is 5.83. The lowest BCUT2D eigenvalue weighted by molar-refractivity contribution is 0.0959. The fourth-order valence-electron chi connectivity index (χ4n) is 2.53. The highest BCUT2D eigenvalue weighted by Crippen LogP contribution is 2.35. The molecule has 3 aromatic rings. The van der Waals surface area contributed by atoms with Crippen molar-refractivity contribution in [3.63, 3.8) is 0 Å². The van der Waals surface area contributed by atoms with E-state index >= 15 is 0 Å². The molecule has 0 radical (unpaired) electrons. The Labute approximate surface area is 165 Å². The van der Waals surface area contributed by atoms with Crippen LogP contribution in [-0.4, -0.2) is 33.5 Å². The van der Waals surface area contributed by atoms with E-state index in [1.165, 1.54) is 31.8 Å². The molecule has 1 heterocycles. The van der Waals surface area contributed by atoms with Gasteiger partial charge >= 0.3 is 0 Å². The standard InChI is InChI=1S/C19H17ClN2O4S/c1-24-13-9-15(26-3)14(25-2)8-11(13)10-21-22-19(23)18-17(20)12-6-4-5-7-16(12)27-18/h4-10H,1-3H3,(H,22,23). The molecule has 0 fully saturated rings. The van der Waals surface area contributed by atoms with E-state index in [9.17, 15) is 4.79 Å². The number of nitrogens with zero attached hydrogens (tertiary/aromatic N) is 1. The number of amides is 1. The summed E-state index contributed by atoms with van der Waals surface area (Å²) in [7, 11) is 4.62. The molecule has 0 aliphatic carbocycles. The lowest BCUT2D eigenvalue weighted by Crippen LogP contribution is -2.16. The number of carbonyl (C=O) groups excluding carboxylic acids is 1. The van der Waals surface area contributed by atoms with Gasteiger partial charge in [-0.15, -0.1) is 11.3 Å². The zero-order valence-electron chi connectivity index (χ0n) is 14.9. The van der Waals surface area contributed by atoms with Crippen LogP contribution in [0.4, 0.5) is 0 Å². The van der Waals surface area contributed by atoms with Crippen LogP contribution < -0.4 is 19.6 Å². The first-order valence-electron chi connectivity index (χ1n) is 7.89. The molecule has 8 heteroatoms. The number of benzene rings is 2. The summed E-state index contributed by atoms with van der Waals surface area (Å²) in [5, 5.41) is 5.29. The van der Waals surface area contributed by atoms with E-state index in [1.54, 1.807) is 19.2 Å². The molecule has 0 saturated carbocycles. The molecule has 1 aromatic heterocycles. The highest BCUT2D eigenvalue weighted by atomic mass is 35.5. The predicted molar refractivity (Wildman–Crippen MR) is 108 cm³/mol. The number of hydrogen-bond donors (Lipinski definition) is 1. The van der Waals surface area contributed by atoms with Crippen LogP contribution in [0, 0.1) is 0 Å². The Morgan fingerprint density at radius 1 is 1.07 bits per heavy atom. The van der Waals surface area contributed by atoms with Crippen molar-refractivity contribution in [3.8, 4) is 17.2 Å². The molecule has 2 aromatic carbocycles. The van der Waals surface area contributed by atoms with Crippen LogP contribution in [0.25, 0.3) is 10.1 Å². The van der Waals surface area contributed by atoms with Crippen molar-refractivity contribution in [1.29, 1.82) is 0 Å². The maximum absolute atomic E-state index is 12.4. The van der Waals surface area contributed by atoms with Crippen LogP contribution in [0.3, 0.4) is 0 Å². The van der Waals surface area contributed by atoms with E-state index in [0.29, 0.717) is 32.7 Å². The van der Waals surface area contributed by atoms with Gasteiger partial charge in [0.05, 0.1) is 32.6 Å². The number of hydrazone groups is 1. The van der Waals surface area contributed by atoms with Crippen molar-refractivity contribution < 1.29 is 19.0 Å². The number of methoxy groups -OCH3 is 3. The van der Waals surface area contributed by atoms with Crippen molar-refractivity contribution in [1.82, 2.24) is 5.43 Å². The van der Waals surface area contributed by atoms with E-state index in [-0.39, 0.29) is 5.91 Å². The maximum Gasteiger partial charge on any atom is 0.283 e. The molecule has 0 aliphatic rings. The van der Waals surface area contributed by atoms with E-state index in [2.05, 4.69) is 10.5 Å². The molecular weight excluding hydrogens is 388 g/mol. The highest BCUT2D eigenvalue weighted by Gasteiger charge is 2.16. The third kappa shape index (κ3) is 3.84. The van der Waals surface area contributed by atoms with E-state index in [1.807, 2.05) is 24.3 Å². The summed E-state index contributed by atoms with van der Waals surface area (Å²) in [4.78, 5) is 12.8. The normalized spacial score (nSPS) is 11.0. The largest absolute Gasteiger partial charge is 0.496 e. The van der Waals surface area contributed by atoms with E-state index in [0.717, 1.165) is 10.1 Å².